The lowest BCUT2D eigenvalue weighted by molar-refractivity contribution is -0.188. The zero-order valence-electron chi connectivity index (χ0n) is 37.8. The van der Waals surface area contributed by atoms with E-state index in [1.54, 1.807) is 37.3 Å². The van der Waals surface area contributed by atoms with E-state index in [0.717, 1.165) is 52.1 Å². The predicted molar refractivity (Wildman–Crippen MR) is 230 cm³/mol. The molecule has 0 aliphatic heterocycles. The summed E-state index contributed by atoms with van der Waals surface area (Å²) in [4.78, 5) is 91.1. The number of hydrogen-bond donors (Lipinski definition) is 2. The number of esters is 4. The quantitative estimate of drug-likeness (QED) is 0.0299. The summed E-state index contributed by atoms with van der Waals surface area (Å²) in [5, 5.41) is 14.8. The second-order valence-electron chi connectivity index (χ2n) is 16.1. The first-order chi connectivity index (χ1) is 29.9. The van der Waals surface area contributed by atoms with Crippen molar-refractivity contribution in [2.75, 3.05) is 20.3 Å². The van der Waals surface area contributed by atoms with Crippen molar-refractivity contribution in [1.29, 1.82) is 0 Å². The first-order valence-corrected chi connectivity index (χ1v) is 21.5. The molecule has 0 spiro atoms. The molecule has 2 aromatic rings. The third-order valence-electron chi connectivity index (χ3n) is 9.64. The van der Waals surface area contributed by atoms with Crippen LogP contribution in [0.15, 0.2) is 50.0 Å². The summed E-state index contributed by atoms with van der Waals surface area (Å²) in [5.41, 5.74) is -3.60. The van der Waals surface area contributed by atoms with Crippen molar-refractivity contribution in [2.45, 2.75) is 155 Å². The summed E-state index contributed by atoms with van der Waals surface area (Å²) in [6.07, 6.45) is 11.3. The van der Waals surface area contributed by atoms with Gasteiger partial charge in [-0.1, -0.05) is 75.7 Å². The van der Waals surface area contributed by atoms with Gasteiger partial charge in [-0.15, -0.1) is 5.92 Å². The van der Waals surface area contributed by atoms with Crippen LogP contribution >= 0.6 is 0 Å². The molecule has 16 heteroatoms. The summed E-state index contributed by atoms with van der Waals surface area (Å²) in [5.74, 6) is -2.21. The Morgan fingerprint density at radius 2 is 1.54 bits per heavy atom. The molecule has 348 valence electrons. The first-order valence-electron chi connectivity index (χ1n) is 21.5. The maximum absolute atomic E-state index is 14.5. The first kappa shape index (κ1) is 53.4. The molecule has 0 bridgehead atoms. The number of rotatable bonds is 29. The Kier molecular flexibility index (Phi) is 23.8. The number of aryl methyl sites for hydroxylation is 1. The Bertz CT molecular complexity index is 1930. The van der Waals surface area contributed by atoms with Crippen LogP contribution in [0, 0.1) is 24.7 Å². The van der Waals surface area contributed by atoms with E-state index in [0.29, 0.717) is 37.0 Å². The Morgan fingerprint density at radius 3 is 2.13 bits per heavy atom. The normalized spacial score (nSPS) is 13.1. The summed E-state index contributed by atoms with van der Waals surface area (Å²) in [6, 6.07) is 5.05. The van der Waals surface area contributed by atoms with E-state index in [9.17, 15) is 38.7 Å². The molecule has 0 fully saturated rings. The van der Waals surface area contributed by atoms with Crippen LogP contribution in [0.3, 0.4) is 0 Å². The topological polar surface area (TPSA) is 224 Å². The monoisotopic (exact) mass is 883 g/mol. The molecule has 1 heterocycles. The van der Waals surface area contributed by atoms with Gasteiger partial charge >= 0.3 is 29.7 Å². The number of methoxy groups -OCH3 is 1. The Balaban J connectivity index is 2.42. The Morgan fingerprint density at radius 1 is 0.889 bits per heavy atom. The van der Waals surface area contributed by atoms with Gasteiger partial charge < -0.3 is 42.9 Å². The lowest BCUT2D eigenvalue weighted by atomic mass is 9.82. The number of ketones is 1. The highest BCUT2D eigenvalue weighted by molar-refractivity contribution is 5.96. The molecule has 2 rings (SSSR count). The number of Topliss-reactive ketones (excluding diaryl/α,β-unsaturated/α-hetero) is 1. The highest BCUT2D eigenvalue weighted by Gasteiger charge is 2.51. The number of nitrogens with one attached hydrogen (secondary N) is 1. The van der Waals surface area contributed by atoms with E-state index in [1.807, 2.05) is 0 Å². The van der Waals surface area contributed by atoms with Gasteiger partial charge in [0.25, 0.3) is 0 Å². The number of hydrogen-bond acceptors (Lipinski definition) is 15. The van der Waals surface area contributed by atoms with Crippen molar-refractivity contribution < 1.29 is 66.4 Å². The SMILES string of the molecule is CC#CCOc1ccc(C[C@H](NC(=O)[C@@H](/C=C/CCCCCCC(=O)CCCCCCC)[C@@](O)(CC(=O)OCc2oc(=O)oc2C)C(=O)OC(C)(C)C)C(=O)OCC(=O)OC)cc1. The molecule has 0 unspecified atom stereocenters. The molecule has 63 heavy (non-hydrogen) atoms. The number of carbonyl (C=O) groups is 6. The molecule has 0 radical (unpaired) electrons. The molecule has 0 aliphatic carbocycles. The fourth-order valence-corrected chi connectivity index (χ4v) is 6.18. The van der Waals surface area contributed by atoms with Crippen LogP contribution < -0.4 is 15.9 Å². The summed E-state index contributed by atoms with van der Waals surface area (Å²) in [6.45, 7) is 8.60. The minimum Gasteiger partial charge on any atom is -0.481 e. The van der Waals surface area contributed by atoms with Gasteiger partial charge in [-0.05, 0) is 78.0 Å². The highest BCUT2D eigenvalue weighted by atomic mass is 16.6. The lowest BCUT2D eigenvalue weighted by Gasteiger charge is -2.34. The van der Waals surface area contributed by atoms with E-state index >= 15 is 0 Å². The maximum atomic E-state index is 14.5. The summed E-state index contributed by atoms with van der Waals surface area (Å²) in [7, 11) is 1.11. The van der Waals surface area contributed by atoms with Crippen molar-refractivity contribution >= 4 is 35.6 Å². The van der Waals surface area contributed by atoms with Crippen molar-refractivity contribution in [2.24, 2.45) is 5.92 Å². The second kappa shape index (κ2) is 28.1. The van der Waals surface area contributed by atoms with Crippen LogP contribution in [-0.4, -0.2) is 78.2 Å². The van der Waals surface area contributed by atoms with Gasteiger partial charge in [0.2, 0.25) is 5.91 Å². The van der Waals surface area contributed by atoms with Crippen LogP contribution in [0.4, 0.5) is 0 Å². The van der Waals surface area contributed by atoms with Crippen LogP contribution in [0.25, 0.3) is 0 Å². The summed E-state index contributed by atoms with van der Waals surface area (Å²) < 4.78 is 35.8. The molecule has 1 amide bonds. The van der Waals surface area contributed by atoms with E-state index < -0.39 is 78.4 Å². The molecular formula is C47H65NO15. The number of benzene rings is 1. The van der Waals surface area contributed by atoms with Crippen molar-refractivity contribution in [1.82, 2.24) is 5.32 Å². The van der Waals surface area contributed by atoms with Gasteiger partial charge in [-0.2, -0.15) is 0 Å². The smallest absolute Gasteiger partial charge is 0.481 e. The van der Waals surface area contributed by atoms with Gasteiger partial charge in [0.1, 0.15) is 29.8 Å². The van der Waals surface area contributed by atoms with Gasteiger partial charge in [0.15, 0.2) is 30.3 Å². The highest BCUT2D eigenvalue weighted by Crippen LogP contribution is 2.30. The van der Waals surface area contributed by atoms with Crippen LogP contribution in [-0.2, 0) is 60.7 Å². The van der Waals surface area contributed by atoms with Crippen molar-refractivity contribution in [3.63, 3.8) is 0 Å². The van der Waals surface area contributed by atoms with Gasteiger partial charge in [-0.25, -0.2) is 19.2 Å². The number of allylic oxidation sites excluding steroid dienone is 1. The zero-order chi connectivity index (χ0) is 46.8. The van der Waals surface area contributed by atoms with E-state index in [2.05, 4.69) is 28.8 Å². The van der Waals surface area contributed by atoms with E-state index in [1.165, 1.54) is 40.2 Å². The molecule has 3 atom stereocenters. The molecule has 0 aliphatic rings. The predicted octanol–water partition coefficient (Wildman–Crippen LogP) is 6.34. The van der Waals surface area contributed by atoms with Gasteiger partial charge in [-0.3, -0.25) is 14.4 Å². The lowest BCUT2D eigenvalue weighted by Crippen LogP contribution is -2.57. The zero-order valence-corrected chi connectivity index (χ0v) is 37.8. The Labute approximate surface area is 369 Å². The van der Waals surface area contributed by atoms with Crippen molar-refractivity contribution in [3.8, 4) is 17.6 Å². The van der Waals surface area contributed by atoms with Crippen LogP contribution in [0.1, 0.15) is 135 Å². The fraction of sp³-hybridized carbons (Fsp3) is 0.596. The molecule has 16 nitrogen and oxygen atoms in total. The number of aliphatic hydroxyl groups is 1. The van der Waals surface area contributed by atoms with E-state index in [-0.39, 0.29) is 30.3 Å². The third kappa shape index (κ3) is 20.8. The molecule has 1 aromatic carbocycles. The largest absolute Gasteiger partial charge is 0.519 e. The Hall–Kier alpha value is -5.69. The number of amides is 1. The molecule has 1 aromatic heterocycles. The number of ether oxygens (including phenoxy) is 5. The van der Waals surface area contributed by atoms with E-state index in [4.69, 9.17) is 27.8 Å². The second-order valence-corrected chi connectivity index (χ2v) is 16.1. The molecule has 0 saturated carbocycles. The fourth-order valence-electron chi connectivity index (χ4n) is 6.18. The minimum absolute atomic E-state index is 0.0397. The maximum Gasteiger partial charge on any atom is 0.519 e. The average molecular weight is 884 g/mol. The van der Waals surface area contributed by atoms with Crippen LogP contribution in [0.5, 0.6) is 5.75 Å². The van der Waals surface area contributed by atoms with Crippen molar-refractivity contribution in [3.05, 3.63) is 64.1 Å². The number of carbonyl (C=O) groups excluding carboxylic acids is 6. The molecule has 2 N–H and O–H groups in total. The summed E-state index contributed by atoms with van der Waals surface area (Å²) >= 11 is 0. The van der Waals surface area contributed by atoms with Gasteiger partial charge in [0.05, 0.1) is 19.4 Å². The minimum atomic E-state index is -2.92. The van der Waals surface area contributed by atoms with Crippen LogP contribution in [0.2, 0.25) is 0 Å². The van der Waals surface area contributed by atoms with Gasteiger partial charge in [0, 0.05) is 19.3 Å². The standard InChI is InChI=1S/C47H65NO15/c1-8-10-12-15-18-21-35(49)22-19-16-13-14-17-20-23-37(47(56,44(54)63-46(4,5)6)30-40(50)59-31-39-33(3)61-45(55)62-39)42(52)48-38(43(53)60-32-41(51)57-7)29-34-24-26-36(27-25-34)58-28-11-9-2/h20,23-27,37-38,56H,8,10,12-19,21-22,28-32H2,1-7H3,(H,48,52)/b23-20+/t37-,38+,47+/m1/s1. The average Bonchev–Trinajstić information content (AvgIpc) is 3.56. The molecular weight excluding hydrogens is 819 g/mol. The third-order valence-corrected chi connectivity index (χ3v) is 9.64. The molecule has 0 saturated heterocycles. The number of unbranched alkanes of at least 4 members (excludes halogenated alkanes) is 8.